The summed E-state index contributed by atoms with van der Waals surface area (Å²) < 4.78 is 15.8. The summed E-state index contributed by atoms with van der Waals surface area (Å²) in [5, 5.41) is 15.0. The Morgan fingerprint density at radius 1 is 1.08 bits per heavy atom. The third kappa shape index (κ3) is 2.61. The molecule has 0 aliphatic heterocycles. The van der Waals surface area contributed by atoms with E-state index >= 15 is 0 Å². The van der Waals surface area contributed by atoms with Crippen molar-refractivity contribution in [2.75, 3.05) is 7.11 Å². The molecule has 6 nitrogen and oxygen atoms in total. The third-order valence-electron chi connectivity index (χ3n) is 4.28. The van der Waals surface area contributed by atoms with Crippen LogP contribution in [-0.4, -0.2) is 17.4 Å². The second kappa shape index (κ2) is 6.07. The van der Waals surface area contributed by atoms with E-state index in [4.69, 9.17) is 13.7 Å². The van der Waals surface area contributed by atoms with E-state index in [0.29, 0.717) is 16.9 Å². The van der Waals surface area contributed by atoms with Crippen molar-refractivity contribution >= 4 is 11.0 Å². The molecular weight excluding hydrogens is 334 g/mol. The standard InChI is InChI=1S/C20H15NO5/c1-11-7-19(23)25-18-9-17(22)15(8-14(11)18)20-16(10-21-26-20)12-3-5-13(24-2)6-4-12/h3-10,22H,1-2H3. The minimum Gasteiger partial charge on any atom is -0.507 e. The Kier molecular flexibility index (Phi) is 3.73. The summed E-state index contributed by atoms with van der Waals surface area (Å²) in [6, 6.07) is 12.0. The highest BCUT2D eigenvalue weighted by Crippen LogP contribution is 2.39. The van der Waals surface area contributed by atoms with Gasteiger partial charge in [0.2, 0.25) is 0 Å². The second-order valence-electron chi connectivity index (χ2n) is 5.91. The average Bonchev–Trinajstić information content (AvgIpc) is 3.10. The quantitative estimate of drug-likeness (QED) is 0.560. The number of hydrogen-bond donors (Lipinski definition) is 1. The predicted octanol–water partition coefficient (Wildman–Crippen LogP) is 4.14. The highest BCUT2D eigenvalue weighted by atomic mass is 16.5. The zero-order chi connectivity index (χ0) is 18.3. The van der Waals surface area contributed by atoms with Gasteiger partial charge in [-0.25, -0.2) is 4.79 Å². The zero-order valence-electron chi connectivity index (χ0n) is 14.1. The van der Waals surface area contributed by atoms with E-state index in [1.54, 1.807) is 19.4 Å². The molecule has 6 heteroatoms. The minimum atomic E-state index is -0.458. The normalized spacial score (nSPS) is 11.0. The summed E-state index contributed by atoms with van der Waals surface area (Å²) in [6.45, 7) is 1.81. The Balaban J connectivity index is 1.90. The van der Waals surface area contributed by atoms with Crippen molar-refractivity contribution in [1.82, 2.24) is 5.16 Å². The summed E-state index contributed by atoms with van der Waals surface area (Å²) in [6.07, 6.45) is 1.60. The van der Waals surface area contributed by atoms with Crippen LogP contribution in [-0.2, 0) is 0 Å². The van der Waals surface area contributed by atoms with Gasteiger partial charge in [0.1, 0.15) is 17.1 Å². The fourth-order valence-corrected chi connectivity index (χ4v) is 2.95. The van der Waals surface area contributed by atoms with Crippen LogP contribution in [0.25, 0.3) is 33.4 Å². The molecule has 0 spiro atoms. The number of phenolic OH excluding ortho intramolecular Hbond substituents is 1. The topological polar surface area (TPSA) is 85.7 Å². The Bertz CT molecular complexity index is 1160. The molecule has 26 heavy (non-hydrogen) atoms. The molecule has 2 aromatic heterocycles. The van der Waals surface area contributed by atoms with Gasteiger partial charge in [-0.2, -0.15) is 0 Å². The number of aryl methyl sites for hydroxylation is 1. The Morgan fingerprint density at radius 3 is 2.58 bits per heavy atom. The molecule has 0 amide bonds. The molecule has 1 N–H and O–H groups in total. The van der Waals surface area contributed by atoms with Gasteiger partial charge in [0.15, 0.2) is 5.76 Å². The lowest BCUT2D eigenvalue weighted by Gasteiger charge is -2.08. The van der Waals surface area contributed by atoms with Crippen molar-refractivity contribution in [2.24, 2.45) is 0 Å². The Morgan fingerprint density at radius 2 is 1.85 bits per heavy atom. The fourth-order valence-electron chi connectivity index (χ4n) is 2.95. The van der Waals surface area contributed by atoms with Crippen LogP contribution in [0.5, 0.6) is 11.5 Å². The van der Waals surface area contributed by atoms with E-state index < -0.39 is 5.63 Å². The maximum Gasteiger partial charge on any atom is 0.336 e. The number of phenols is 1. The lowest BCUT2D eigenvalue weighted by atomic mass is 9.99. The van der Waals surface area contributed by atoms with Crippen molar-refractivity contribution in [3.05, 3.63) is 64.6 Å². The van der Waals surface area contributed by atoms with E-state index in [9.17, 15) is 9.90 Å². The van der Waals surface area contributed by atoms with Crippen molar-refractivity contribution in [2.45, 2.75) is 6.92 Å². The van der Waals surface area contributed by atoms with Crippen LogP contribution in [0.2, 0.25) is 0 Å². The molecule has 0 bridgehead atoms. The van der Waals surface area contributed by atoms with E-state index in [1.165, 1.54) is 12.1 Å². The molecule has 2 aromatic carbocycles. The van der Waals surface area contributed by atoms with Crippen LogP contribution < -0.4 is 10.4 Å². The largest absolute Gasteiger partial charge is 0.507 e. The average molecular weight is 349 g/mol. The molecule has 4 rings (SSSR count). The van der Waals surface area contributed by atoms with E-state index in [2.05, 4.69) is 5.16 Å². The van der Waals surface area contributed by atoms with Gasteiger partial charge < -0.3 is 18.8 Å². The summed E-state index contributed by atoms with van der Waals surface area (Å²) in [5.41, 5.74) is 2.69. The van der Waals surface area contributed by atoms with Crippen molar-refractivity contribution in [3.8, 4) is 33.9 Å². The number of fused-ring (bicyclic) bond motifs is 1. The highest BCUT2D eigenvalue weighted by molar-refractivity contribution is 5.91. The molecular formula is C20H15NO5. The third-order valence-corrected chi connectivity index (χ3v) is 4.28. The molecule has 0 unspecified atom stereocenters. The van der Waals surface area contributed by atoms with Gasteiger partial charge in [-0.3, -0.25) is 0 Å². The predicted molar refractivity (Wildman–Crippen MR) is 96.4 cm³/mol. The maximum atomic E-state index is 11.5. The molecule has 4 aromatic rings. The summed E-state index contributed by atoms with van der Waals surface area (Å²) in [4.78, 5) is 11.5. The van der Waals surface area contributed by atoms with Crippen LogP contribution in [0, 0.1) is 6.92 Å². The number of aromatic nitrogens is 1. The number of benzene rings is 2. The minimum absolute atomic E-state index is 0.0576. The monoisotopic (exact) mass is 349 g/mol. The van der Waals surface area contributed by atoms with Crippen molar-refractivity contribution in [3.63, 3.8) is 0 Å². The maximum absolute atomic E-state index is 11.5. The number of rotatable bonds is 3. The number of ether oxygens (including phenoxy) is 1. The Hall–Kier alpha value is -3.54. The van der Waals surface area contributed by atoms with Gasteiger partial charge in [0, 0.05) is 23.1 Å². The van der Waals surface area contributed by atoms with E-state index in [1.807, 2.05) is 31.2 Å². The molecule has 2 heterocycles. The summed E-state index contributed by atoms with van der Waals surface area (Å²) in [5.74, 6) is 1.11. The van der Waals surface area contributed by atoms with Crippen LogP contribution >= 0.6 is 0 Å². The smallest absolute Gasteiger partial charge is 0.336 e. The van der Waals surface area contributed by atoms with E-state index in [0.717, 1.165) is 27.8 Å². The Labute approximate surface area is 148 Å². The second-order valence-corrected chi connectivity index (χ2v) is 5.91. The SMILES string of the molecule is COc1ccc(-c2cnoc2-c2cc3c(C)cc(=O)oc3cc2O)cc1. The van der Waals surface area contributed by atoms with E-state index in [-0.39, 0.29) is 5.75 Å². The van der Waals surface area contributed by atoms with Crippen LogP contribution in [0.3, 0.4) is 0 Å². The molecule has 130 valence electrons. The van der Waals surface area contributed by atoms with Gasteiger partial charge in [-0.1, -0.05) is 17.3 Å². The summed E-state index contributed by atoms with van der Waals surface area (Å²) in [7, 11) is 1.60. The molecule has 0 saturated carbocycles. The number of hydrogen-bond acceptors (Lipinski definition) is 6. The molecule has 0 fully saturated rings. The number of nitrogens with zero attached hydrogens (tertiary/aromatic N) is 1. The molecule has 0 radical (unpaired) electrons. The lowest BCUT2D eigenvalue weighted by molar-refractivity contribution is 0.415. The molecule has 0 saturated heterocycles. The molecule has 0 aliphatic rings. The first-order chi connectivity index (χ1) is 12.6. The van der Waals surface area contributed by atoms with Crippen molar-refractivity contribution < 1.29 is 18.8 Å². The van der Waals surface area contributed by atoms with Gasteiger partial charge in [0.05, 0.1) is 18.9 Å². The van der Waals surface area contributed by atoms with Gasteiger partial charge in [0.25, 0.3) is 0 Å². The first-order valence-corrected chi connectivity index (χ1v) is 7.94. The van der Waals surface area contributed by atoms with Crippen LogP contribution in [0.1, 0.15) is 5.56 Å². The van der Waals surface area contributed by atoms with Crippen molar-refractivity contribution in [1.29, 1.82) is 0 Å². The van der Waals surface area contributed by atoms with Crippen LogP contribution in [0.15, 0.2) is 62.4 Å². The van der Waals surface area contributed by atoms with Crippen LogP contribution in [0.4, 0.5) is 0 Å². The first kappa shape index (κ1) is 16.0. The molecule has 0 aliphatic carbocycles. The van der Waals surface area contributed by atoms with Gasteiger partial charge in [-0.05, 0) is 36.2 Å². The number of methoxy groups -OCH3 is 1. The summed E-state index contributed by atoms with van der Waals surface area (Å²) >= 11 is 0. The fraction of sp³-hybridized carbons (Fsp3) is 0.100. The highest BCUT2D eigenvalue weighted by Gasteiger charge is 2.18. The zero-order valence-corrected chi connectivity index (χ0v) is 14.1. The van der Waals surface area contributed by atoms with Gasteiger partial charge in [-0.15, -0.1) is 0 Å². The number of aromatic hydroxyl groups is 1. The van der Waals surface area contributed by atoms with Gasteiger partial charge >= 0.3 is 5.63 Å². The first-order valence-electron chi connectivity index (χ1n) is 7.94. The molecule has 0 atom stereocenters. The lowest BCUT2D eigenvalue weighted by Crippen LogP contribution is -1.98.